The van der Waals surface area contributed by atoms with Gasteiger partial charge in [-0.15, -0.1) is 0 Å². The third-order valence-electron chi connectivity index (χ3n) is 3.24. The highest BCUT2D eigenvalue weighted by molar-refractivity contribution is 5.75. The number of aldehydes is 1. The summed E-state index contributed by atoms with van der Waals surface area (Å²) in [6, 6.07) is 13.3. The Hall–Kier alpha value is -2.49. The van der Waals surface area contributed by atoms with Crippen LogP contribution in [-0.2, 0) is 6.42 Å². The third kappa shape index (κ3) is 3.99. The molecule has 2 rings (SSSR count). The summed E-state index contributed by atoms with van der Waals surface area (Å²) in [5.41, 5.74) is 2.85. The molecule has 2 aromatic rings. The molecule has 110 valence electrons. The highest BCUT2D eigenvalue weighted by Gasteiger charge is 2.04. The Labute approximate surface area is 124 Å². The lowest BCUT2D eigenvalue weighted by atomic mass is 10.1. The van der Waals surface area contributed by atoms with Gasteiger partial charge in [0.1, 0.15) is 6.29 Å². The first kappa shape index (κ1) is 14.9. The minimum Gasteiger partial charge on any atom is -0.493 e. The Morgan fingerprint density at radius 1 is 1.00 bits per heavy atom. The van der Waals surface area contributed by atoms with Crippen molar-refractivity contribution in [3.8, 4) is 11.5 Å². The van der Waals surface area contributed by atoms with Gasteiger partial charge in [0.05, 0.1) is 14.2 Å². The second-order valence-electron chi connectivity index (χ2n) is 4.61. The first-order chi connectivity index (χ1) is 10.3. The molecule has 0 unspecified atom stereocenters. The molecule has 4 heteroatoms. The van der Waals surface area contributed by atoms with Crippen molar-refractivity contribution in [1.82, 2.24) is 0 Å². The second kappa shape index (κ2) is 7.33. The van der Waals surface area contributed by atoms with Crippen LogP contribution in [0.1, 0.15) is 15.9 Å². The van der Waals surface area contributed by atoms with Gasteiger partial charge in [0.2, 0.25) is 0 Å². The van der Waals surface area contributed by atoms with Gasteiger partial charge in [-0.25, -0.2) is 0 Å². The molecule has 0 saturated carbocycles. The van der Waals surface area contributed by atoms with Crippen molar-refractivity contribution in [1.29, 1.82) is 0 Å². The van der Waals surface area contributed by atoms with Gasteiger partial charge < -0.3 is 14.8 Å². The van der Waals surface area contributed by atoms with E-state index in [-0.39, 0.29) is 0 Å². The quantitative estimate of drug-likeness (QED) is 0.794. The number of ether oxygens (including phenoxy) is 2. The molecule has 0 fully saturated rings. The summed E-state index contributed by atoms with van der Waals surface area (Å²) >= 11 is 0. The third-order valence-corrected chi connectivity index (χ3v) is 3.24. The van der Waals surface area contributed by atoms with E-state index >= 15 is 0 Å². The molecule has 0 spiro atoms. The average Bonchev–Trinajstić information content (AvgIpc) is 2.55. The van der Waals surface area contributed by atoms with Crippen LogP contribution >= 0.6 is 0 Å². The van der Waals surface area contributed by atoms with Gasteiger partial charge in [-0.1, -0.05) is 6.07 Å². The van der Waals surface area contributed by atoms with Gasteiger partial charge >= 0.3 is 0 Å². The summed E-state index contributed by atoms with van der Waals surface area (Å²) in [5.74, 6) is 1.48. The lowest BCUT2D eigenvalue weighted by molar-refractivity contribution is 0.112. The first-order valence-electron chi connectivity index (χ1n) is 6.77. The van der Waals surface area contributed by atoms with Gasteiger partial charge in [-0.3, -0.25) is 4.79 Å². The number of carbonyl (C=O) groups is 1. The monoisotopic (exact) mass is 285 g/mol. The molecular weight excluding hydrogens is 266 g/mol. The van der Waals surface area contributed by atoms with Crippen molar-refractivity contribution >= 4 is 12.0 Å². The van der Waals surface area contributed by atoms with Crippen molar-refractivity contribution < 1.29 is 14.3 Å². The van der Waals surface area contributed by atoms with Crippen molar-refractivity contribution in [2.45, 2.75) is 6.42 Å². The van der Waals surface area contributed by atoms with E-state index in [9.17, 15) is 4.79 Å². The van der Waals surface area contributed by atoms with Gasteiger partial charge in [0, 0.05) is 17.8 Å². The van der Waals surface area contributed by atoms with Crippen LogP contribution in [0.3, 0.4) is 0 Å². The summed E-state index contributed by atoms with van der Waals surface area (Å²) < 4.78 is 10.5. The van der Waals surface area contributed by atoms with E-state index < -0.39 is 0 Å². The van der Waals surface area contributed by atoms with E-state index in [1.54, 1.807) is 26.4 Å². The fourth-order valence-electron chi connectivity index (χ4n) is 2.07. The predicted octanol–water partition coefficient (Wildman–Crippen LogP) is 3.17. The number of hydrogen-bond donors (Lipinski definition) is 1. The largest absolute Gasteiger partial charge is 0.493 e. The number of carbonyl (C=O) groups excluding carboxylic acids is 1. The highest BCUT2D eigenvalue weighted by atomic mass is 16.5. The predicted molar refractivity (Wildman–Crippen MR) is 83.6 cm³/mol. The lowest BCUT2D eigenvalue weighted by Gasteiger charge is -2.10. The molecule has 0 atom stereocenters. The molecule has 0 radical (unpaired) electrons. The van der Waals surface area contributed by atoms with Crippen LogP contribution in [0.2, 0.25) is 0 Å². The van der Waals surface area contributed by atoms with Gasteiger partial charge in [-0.05, 0) is 48.4 Å². The zero-order chi connectivity index (χ0) is 15.1. The standard InChI is InChI=1S/C17H19NO3/c1-20-16-8-5-13(11-17(16)21-2)9-10-18-15-6-3-14(12-19)4-7-15/h3-8,11-12,18H,9-10H2,1-2H3. The fourth-order valence-corrected chi connectivity index (χ4v) is 2.07. The Morgan fingerprint density at radius 2 is 1.71 bits per heavy atom. The van der Waals surface area contributed by atoms with E-state index in [4.69, 9.17) is 9.47 Å². The summed E-state index contributed by atoms with van der Waals surface area (Å²) in [4.78, 5) is 10.6. The van der Waals surface area contributed by atoms with E-state index in [0.29, 0.717) is 5.56 Å². The van der Waals surface area contributed by atoms with Crippen LogP contribution in [0.5, 0.6) is 11.5 Å². The topological polar surface area (TPSA) is 47.6 Å². The molecule has 0 aliphatic heterocycles. The number of methoxy groups -OCH3 is 2. The van der Waals surface area contributed by atoms with Gasteiger partial charge in [0.15, 0.2) is 11.5 Å². The SMILES string of the molecule is COc1ccc(CCNc2ccc(C=O)cc2)cc1OC. The van der Waals surface area contributed by atoms with Crippen molar-refractivity contribution in [3.63, 3.8) is 0 Å². The van der Waals surface area contributed by atoms with Crippen LogP contribution in [0.15, 0.2) is 42.5 Å². The summed E-state index contributed by atoms with van der Waals surface area (Å²) in [5, 5.41) is 3.32. The van der Waals surface area contributed by atoms with E-state index in [1.807, 2.05) is 30.3 Å². The first-order valence-corrected chi connectivity index (χ1v) is 6.77. The van der Waals surface area contributed by atoms with Crippen LogP contribution in [0, 0.1) is 0 Å². The second-order valence-corrected chi connectivity index (χ2v) is 4.61. The summed E-state index contributed by atoms with van der Waals surface area (Å²) in [7, 11) is 3.26. The van der Waals surface area contributed by atoms with Gasteiger partial charge in [0.25, 0.3) is 0 Å². The van der Waals surface area contributed by atoms with Crippen LogP contribution in [0.4, 0.5) is 5.69 Å². The number of benzene rings is 2. The molecular formula is C17H19NO3. The molecule has 0 heterocycles. The Kier molecular flexibility index (Phi) is 5.21. The maximum absolute atomic E-state index is 10.6. The van der Waals surface area contributed by atoms with Crippen LogP contribution < -0.4 is 14.8 Å². The number of nitrogens with one attached hydrogen (secondary N) is 1. The zero-order valence-electron chi connectivity index (χ0n) is 12.3. The zero-order valence-corrected chi connectivity index (χ0v) is 12.3. The van der Waals surface area contributed by atoms with Crippen molar-refractivity contribution in [2.75, 3.05) is 26.1 Å². The number of hydrogen-bond acceptors (Lipinski definition) is 4. The molecule has 0 bridgehead atoms. The molecule has 4 nitrogen and oxygen atoms in total. The van der Waals surface area contributed by atoms with Crippen LogP contribution in [-0.4, -0.2) is 27.1 Å². The Balaban J connectivity index is 1.91. The maximum Gasteiger partial charge on any atom is 0.160 e. The van der Waals surface area contributed by atoms with Crippen molar-refractivity contribution in [3.05, 3.63) is 53.6 Å². The maximum atomic E-state index is 10.6. The van der Waals surface area contributed by atoms with E-state index in [1.165, 1.54) is 5.56 Å². The number of rotatable bonds is 7. The van der Waals surface area contributed by atoms with Crippen LogP contribution in [0.25, 0.3) is 0 Å². The lowest BCUT2D eigenvalue weighted by Crippen LogP contribution is -2.05. The van der Waals surface area contributed by atoms with Crippen molar-refractivity contribution in [2.24, 2.45) is 0 Å². The molecule has 21 heavy (non-hydrogen) atoms. The average molecular weight is 285 g/mol. The molecule has 0 aliphatic carbocycles. The minimum atomic E-state index is 0.681. The Morgan fingerprint density at radius 3 is 2.33 bits per heavy atom. The van der Waals surface area contributed by atoms with E-state index in [0.717, 1.165) is 36.4 Å². The fraction of sp³-hybridized carbons (Fsp3) is 0.235. The molecule has 0 amide bonds. The molecule has 0 saturated heterocycles. The number of anilines is 1. The van der Waals surface area contributed by atoms with Gasteiger partial charge in [-0.2, -0.15) is 0 Å². The Bertz CT molecular complexity index is 593. The summed E-state index contributed by atoms with van der Waals surface area (Å²) in [6.45, 7) is 0.802. The normalized spacial score (nSPS) is 10.0. The minimum absolute atomic E-state index is 0.681. The molecule has 2 aromatic carbocycles. The smallest absolute Gasteiger partial charge is 0.160 e. The highest BCUT2D eigenvalue weighted by Crippen LogP contribution is 2.27. The summed E-state index contributed by atoms with van der Waals surface area (Å²) in [6.07, 6.45) is 1.71. The molecule has 1 N–H and O–H groups in total. The molecule has 0 aliphatic rings. The van der Waals surface area contributed by atoms with E-state index in [2.05, 4.69) is 5.32 Å². The molecule has 0 aromatic heterocycles.